The van der Waals surface area contributed by atoms with E-state index in [1.54, 1.807) is 6.07 Å². The molecule has 0 saturated carbocycles. The molecule has 1 N–H and O–H groups in total. The van der Waals surface area contributed by atoms with Crippen LogP contribution in [-0.2, 0) is 0 Å². The molecule has 1 aromatic heterocycles. The Morgan fingerprint density at radius 2 is 2.06 bits per heavy atom. The van der Waals surface area contributed by atoms with E-state index in [0.29, 0.717) is 5.56 Å². The molecule has 0 atom stereocenters. The van der Waals surface area contributed by atoms with Crippen molar-refractivity contribution in [2.45, 2.75) is 6.92 Å². The Kier molecular flexibility index (Phi) is 3.06. The fourth-order valence-corrected chi connectivity index (χ4v) is 1.76. The van der Waals surface area contributed by atoms with Crippen molar-refractivity contribution < 1.29 is 0 Å². The van der Waals surface area contributed by atoms with Crippen LogP contribution in [0.2, 0.25) is 0 Å². The van der Waals surface area contributed by atoms with Crippen molar-refractivity contribution in [1.29, 1.82) is 5.26 Å². The van der Waals surface area contributed by atoms with Gasteiger partial charge in [-0.05, 0) is 36.2 Å². The summed E-state index contributed by atoms with van der Waals surface area (Å²) in [5.74, 6) is 0.880. The predicted molar refractivity (Wildman–Crippen MR) is 68.7 cm³/mol. The highest BCUT2D eigenvalue weighted by molar-refractivity contribution is 5.67. The molecular formula is C14H13N3. The van der Waals surface area contributed by atoms with Gasteiger partial charge < -0.3 is 5.32 Å². The Morgan fingerprint density at radius 1 is 1.24 bits per heavy atom. The molecule has 84 valence electrons. The third kappa shape index (κ3) is 2.26. The number of rotatable bonds is 2. The normalized spacial score (nSPS) is 9.71. The Morgan fingerprint density at radius 3 is 2.71 bits per heavy atom. The van der Waals surface area contributed by atoms with Crippen LogP contribution < -0.4 is 5.32 Å². The van der Waals surface area contributed by atoms with Crippen molar-refractivity contribution >= 4 is 5.82 Å². The van der Waals surface area contributed by atoms with Crippen molar-refractivity contribution in [3.8, 4) is 17.2 Å². The molecule has 0 fully saturated rings. The van der Waals surface area contributed by atoms with Gasteiger partial charge in [-0.1, -0.05) is 12.1 Å². The van der Waals surface area contributed by atoms with Crippen LogP contribution in [-0.4, -0.2) is 12.0 Å². The van der Waals surface area contributed by atoms with Crippen LogP contribution in [0.3, 0.4) is 0 Å². The van der Waals surface area contributed by atoms with Gasteiger partial charge in [0, 0.05) is 18.8 Å². The molecule has 3 nitrogen and oxygen atoms in total. The van der Waals surface area contributed by atoms with Crippen LogP contribution in [0.5, 0.6) is 0 Å². The van der Waals surface area contributed by atoms with E-state index in [1.165, 1.54) is 0 Å². The largest absolute Gasteiger partial charge is 0.373 e. The maximum Gasteiger partial charge on any atom is 0.128 e. The summed E-state index contributed by atoms with van der Waals surface area (Å²) in [6.45, 7) is 2.01. The lowest BCUT2D eigenvalue weighted by molar-refractivity contribution is 1.24. The molecule has 1 heterocycles. The molecule has 3 heteroatoms. The van der Waals surface area contributed by atoms with E-state index in [0.717, 1.165) is 22.5 Å². The Hall–Kier alpha value is -2.34. The van der Waals surface area contributed by atoms with E-state index in [9.17, 15) is 0 Å². The zero-order valence-corrected chi connectivity index (χ0v) is 9.86. The molecule has 0 saturated heterocycles. The molecule has 0 amide bonds. The molecule has 0 aliphatic heterocycles. The average Bonchev–Trinajstić information content (AvgIpc) is 2.38. The first kappa shape index (κ1) is 11.2. The molecule has 2 aromatic rings. The highest BCUT2D eigenvalue weighted by Crippen LogP contribution is 2.23. The van der Waals surface area contributed by atoms with Gasteiger partial charge >= 0.3 is 0 Å². The molecule has 0 radical (unpaired) electrons. The van der Waals surface area contributed by atoms with Gasteiger partial charge in [0.05, 0.1) is 11.6 Å². The second kappa shape index (κ2) is 4.67. The first-order valence-electron chi connectivity index (χ1n) is 5.39. The number of aryl methyl sites for hydroxylation is 1. The minimum atomic E-state index is 0.665. The second-order valence-electron chi connectivity index (χ2n) is 3.83. The average molecular weight is 223 g/mol. The van der Waals surface area contributed by atoms with Gasteiger partial charge in [0.25, 0.3) is 0 Å². The quantitative estimate of drug-likeness (QED) is 0.851. The molecule has 0 spiro atoms. The lowest BCUT2D eigenvalue weighted by Crippen LogP contribution is -1.95. The smallest absolute Gasteiger partial charge is 0.128 e. The van der Waals surface area contributed by atoms with Crippen molar-refractivity contribution in [3.05, 3.63) is 47.7 Å². The maximum atomic E-state index is 8.87. The molecule has 0 unspecified atom stereocenters. The summed E-state index contributed by atoms with van der Waals surface area (Å²) in [5.41, 5.74) is 3.80. The van der Waals surface area contributed by atoms with Crippen LogP contribution in [0.4, 0.5) is 5.82 Å². The van der Waals surface area contributed by atoms with E-state index in [-0.39, 0.29) is 0 Å². The molecule has 0 aliphatic rings. The second-order valence-corrected chi connectivity index (χ2v) is 3.83. The number of hydrogen-bond donors (Lipinski definition) is 1. The van der Waals surface area contributed by atoms with Crippen LogP contribution in [0.1, 0.15) is 11.1 Å². The number of anilines is 1. The van der Waals surface area contributed by atoms with Crippen molar-refractivity contribution in [2.24, 2.45) is 0 Å². The van der Waals surface area contributed by atoms with Crippen molar-refractivity contribution in [1.82, 2.24) is 4.98 Å². The van der Waals surface area contributed by atoms with Gasteiger partial charge in [0.2, 0.25) is 0 Å². The third-order valence-electron chi connectivity index (χ3n) is 2.64. The lowest BCUT2D eigenvalue weighted by Gasteiger charge is -2.07. The summed E-state index contributed by atoms with van der Waals surface area (Å²) in [7, 11) is 1.85. The summed E-state index contributed by atoms with van der Waals surface area (Å²) >= 11 is 0. The SMILES string of the molecule is CNc1ncc(-c2cccc(C#N)c2)cc1C. The van der Waals surface area contributed by atoms with Gasteiger partial charge in [-0.25, -0.2) is 4.98 Å². The number of nitrogens with one attached hydrogen (secondary N) is 1. The van der Waals surface area contributed by atoms with E-state index in [2.05, 4.69) is 22.4 Å². The van der Waals surface area contributed by atoms with Crippen LogP contribution in [0.25, 0.3) is 11.1 Å². The molecule has 2 rings (SSSR count). The summed E-state index contributed by atoms with van der Waals surface area (Å²) in [5, 5.41) is 11.9. The van der Waals surface area contributed by atoms with E-state index in [4.69, 9.17) is 5.26 Å². The molecular weight excluding hydrogens is 210 g/mol. The molecule has 17 heavy (non-hydrogen) atoms. The Bertz CT molecular complexity index is 582. The standard InChI is InChI=1S/C14H13N3/c1-10-6-13(9-17-14(10)16-2)12-5-3-4-11(7-12)8-15/h3-7,9H,1-2H3,(H,16,17). The number of nitrogens with zero attached hydrogens (tertiary/aromatic N) is 2. The topological polar surface area (TPSA) is 48.7 Å². The van der Waals surface area contributed by atoms with Gasteiger partial charge in [0.1, 0.15) is 5.82 Å². The van der Waals surface area contributed by atoms with Gasteiger partial charge in [-0.15, -0.1) is 0 Å². The fraction of sp³-hybridized carbons (Fsp3) is 0.143. The predicted octanol–water partition coefficient (Wildman–Crippen LogP) is 2.97. The highest BCUT2D eigenvalue weighted by atomic mass is 15.0. The third-order valence-corrected chi connectivity index (χ3v) is 2.64. The van der Waals surface area contributed by atoms with Gasteiger partial charge in [0.15, 0.2) is 0 Å². The summed E-state index contributed by atoms with van der Waals surface area (Å²) < 4.78 is 0. The van der Waals surface area contributed by atoms with E-state index >= 15 is 0 Å². The minimum Gasteiger partial charge on any atom is -0.373 e. The Balaban J connectivity index is 2.46. The number of benzene rings is 1. The highest BCUT2D eigenvalue weighted by Gasteiger charge is 2.03. The zero-order chi connectivity index (χ0) is 12.3. The van der Waals surface area contributed by atoms with Gasteiger partial charge in [-0.3, -0.25) is 0 Å². The minimum absolute atomic E-state index is 0.665. The maximum absolute atomic E-state index is 8.87. The summed E-state index contributed by atoms with van der Waals surface area (Å²) in [6, 6.07) is 11.7. The van der Waals surface area contributed by atoms with E-state index in [1.807, 2.05) is 38.4 Å². The van der Waals surface area contributed by atoms with Crippen LogP contribution in [0.15, 0.2) is 36.5 Å². The molecule has 1 aromatic carbocycles. The Labute approximate surface area is 101 Å². The first-order chi connectivity index (χ1) is 8.24. The first-order valence-corrected chi connectivity index (χ1v) is 5.39. The van der Waals surface area contributed by atoms with Crippen molar-refractivity contribution in [3.63, 3.8) is 0 Å². The molecule has 0 aliphatic carbocycles. The van der Waals surface area contributed by atoms with Crippen LogP contribution in [0, 0.1) is 18.3 Å². The monoisotopic (exact) mass is 223 g/mol. The fourth-order valence-electron chi connectivity index (χ4n) is 1.76. The number of aromatic nitrogens is 1. The van der Waals surface area contributed by atoms with Crippen LogP contribution >= 0.6 is 0 Å². The lowest BCUT2D eigenvalue weighted by atomic mass is 10.0. The molecule has 0 bridgehead atoms. The number of pyridine rings is 1. The summed E-state index contributed by atoms with van der Waals surface area (Å²) in [6.07, 6.45) is 1.81. The van der Waals surface area contributed by atoms with E-state index < -0.39 is 0 Å². The number of hydrogen-bond acceptors (Lipinski definition) is 3. The van der Waals surface area contributed by atoms with Crippen molar-refractivity contribution in [2.75, 3.05) is 12.4 Å². The number of nitriles is 1. The summed E-state index contributed by atoms with van der Waals surface area (Å²) in [4.78, 5) is 4.33. The zero-order valence-electron chi connectivity index (χ0n) is 9.86. The van der Waals surface area contributed by atoms with Gasteiger partial charge in [-0.2, -0.15) is 5.26 Å².